The van der Waals surface area contributed by atoms with Crippen molar-refractivity contribution in [2.45, 2.75) is 18.7 Å². The summed E-state index contributed by atoms with van der Waals surface area (Å²) >= 11 is 0. The van der Waals surface area contributed by atoms with E-state index in [1.807, 2.05) is 32.3 Å². The summed E-state index contributed by atoms with van der Waals surface area (Å²) in [6.45, 7) is 0.861. The van der Waals surface area contributed by atoms with E-state index in [2.05, 4.69) is 11.0 Å². The summed E-state index contributed by atoms with van der Waals surface area (Å²) in [4.78, 5) is 2.11. The predicted octanol–water partition coefficient (Wildman–Crippen LogP) is 4.98. The highest BCUT2D eigenvalue weighted by Gasteiger charge is 2.35. The van der Waals surface area contributed by atoms with Gasteiger partial charge in [-0.15, -0.1) is 12.4 Å². The van der Waals surface area contributed by atoms with Crippen LogP contribution in [-0.2, 0) is 12.6 Å². The highest BCUT2D eigenvalue weighted by Crippen LogP contribution is 2.40. The van der Waals surface area contributed by atoms with Crippen LogP contribution in [0, 0.1) is 5.92 Å². The Balaban J connectivity index is 0.00000225. The number of benzene rings is 2. The highest BCUT2D eigenvalue weighted by atomic mass is 35.5. The first-order valence-corrected chi connectivity index (χ1v) is 7.91. The molecule has 6 heteroatoms. The Morgan fingerprint density at radius 3 is 2.28 bits per heavy atom. The number of halogens is 4. The van der Waals surface area contributed by atoms with Crippen molar-refractivity contribution in [3.05, 3.63) is 65.2 Å². The minimum absolute atomic E-state index is 0. The lowest BCUT2D eigenvalue weighted by molar-refractivity contribution is -0.137. The summed E-state index contributed by atoms with van der Waals surface area (Å²) in [6.07, 6.45) is -3.55. The third-order valence-electron chi connectivity index (χ3n) is 4.32. The maximum Gasteiger partial charge on any atom is 0.416 e. The summed E-state index contributed by atoms with van der Waals surface area (Å²) in [6, 6.07) is 13.0. The number of hydrogen-bond acceptors (Lipinski definition) is 2. The van der Waals surface area contributed by atoms with Crippen LogP contribution >= 0.6 is 12.4 Å². The number of ether oxygens (including phenoxy) is 1. The van der Waals surface area contributed by atoms with E-state index < -0.39 is 11.7 Å². The van der Waals surface area contributed by atoms with Gasteiger partial charge in [-0.3, -0.25) is 0 Å². The lowest BCUT2D eigenvalue weighted by Crippen LogP contribution is -2.27. The first kappa shape index (κ1) is 19.6. The summed E-state index contributed by atoms with van der Waals surface area (Å²) in [7, 11) is 4.02. The number of rotatable bonds is 4. The monoisotopic (exact) mass is 371 g/mol. The van der Waals surface area contributed by atoms with Crippen molar-refractivity contribution >= 4 is 12.4 Å². The molecule has 2 aromatic rings. The molecule has 1 aliphatic carbocycles. The summed E-state index contributed by atoms with van der Waals surface area (Å²) in [5, 5.41) is 0. The van der Waals surface area contributed by atoms with Crippen LogP contribution in [0.5, 0.6) is 5.75 Å². The molecule has 2 nitrogen and oxygen atoms in total. The lowest BCUT2D eigenvalue weighted by atomic mass is 10.0. The van der Waals surface area contributed by atoms with Gasteiger partial charge in [0.2, 0.25) is 0 Å². The van der Waals surface area contributed by atoms with E-state index >= 15 is 0 Å². The molecule has 0 radical (unpaired) electrons. The Bertz CT molecular complexity index is 701. The van der Waals surface area contributed by atoms with Crippen LogP contribution in [0.25, 0.3) is 0 Å². The van der Waals surface area contributed by atoms with E-state index in [-0.39, 0.29) is 24.4 Å². The molecule has 0 unspecified atom stereocenters. The number of alkyl halides is 3. The van der Waals surface area contributed by atoms with Crippen molar-refractivity contribution in [2.75, 3.05) is 20.6 Å². The van der Waals surface area contributed by atoms with Gasteiger partial charge >= 0.3 is 6.18 Å². The van der Waals surface area contributed by atoms with Gasteiger partial charge in [-0.1, -0.05) is 24.3 Å². The molecule has 2 aromatic carbocycles. The predicted molar refractivity (Wildman–Crippen MR) is 94.3 cm³/mol. The van der Waals surface area contributed by atoms with E-state index in [0.717, 1.165) is 30.7 Å². The molecule has 0 saturated carbocycles. The molecule has 2 atom stereocenters. The second kappa shape index (κ2) is 7.67. The van der Waals surface area contributed by atoms with Gasteiger partial charge in [0, 0.05) is 12.5 Å². The normalized spacial score (nSPS) is 19.4. The molecule has 0 heterocycles. The zero-order valence-electron chi connectivity index (χ0n) is 14.1. The standard InChI is InChI=1S/C19H20F3NO.ClH/c1-23(2)12-14-11-13-5-3-4-6-17(13)18(14)24-16-9-7-15(8-10-16)19(20,21)22;/h3-10,14,18H,11-12H2,1-2H3;1H/t14-,18+;/m1./s1. The van der Waals surface area contributed by atoms with Crippen molar-refractivity contribution in [3.8, 4) is 5.75 Å². The first-order valence-electron chi connectivity index (χ1n) is 7.91. The van der Waals surface area contributed by atoms with Gasteiger partial charge in [0.1, 0.15) is 11.9 Å². The molecule has 25 heavy (non-hydrogen) atoms. The van der Waals surface area contributed by atoms with Gasteiger partial charge < -0.3 is 9.64 Å². The molecule has 0 N–H and O–H groups in total. The van der Waals surface area contributed by atoms with Gasteiger partial charge in [0.25, 0.3) is 0 Å². The Hall–Kier alpha value is -1.72. The van der Waals surface area contributed by atoms with E-state index in [1.54, 1.807) is 0 Å². The molecular formula is C19H21ClF3NO. The van der Waals surface area contributed by atoms with E-state index in [0.29, 0.717) is 5.75 Å². The number of fused-ring (bicyclic) bond motifs is 1. The molecule has 3 rings (SSSR count). The Kier molecular flexibility index (Phi) is 6.01. The van der Waals surface area contributed by atoms with Gasteiger partial charge in [-0.2, -0.15) is 13.2 Å². The quantitative estimate of drug-likeness (QED) is 0.751. The average Bonchev–Trinajstić information content (AvgIpc) is 2.84. The summed E-state index contributed by atoms with van der Waals surface area (Å²) < 4.78 is 44.1. The smallest absolute Gasteiger partial charge is 0.416 e. The van der Waals surface area contributed by atoms with Crippen molar-refractivity contribution in [1.82, 2.24) is 4.90 Å². The third kappa shape index (κ3) is 4.47. The fourth-order valence-electron chi connectivity index (χ4n) is 3.30. The van der Waals surface area contributed by atoms with Crippen LogP contribution in [-0.4, -0.2) is 25.5 Å². The van der Waals surface area contributed by atoms with Crippen LogP contribution in [0.15, 0.2) is 48.5 Å². The fourth-order valence-corrected chi connectivity index (χ4v) is 3.30. The molecule has 0 aromatic heterocycles. The van der Waals surface area contributed by atoms with Crippen molar-refractivity contribution in [1.29, 1.82) is 0 Å². The van der Waals surface area contributed by atoms with Crippen LogP contribution in [0.2, 0.25) is 0 Å². The van der Waals surface area contributed by atoms with Crippen LogP contribution < -0.4 is 4.74 Å². The zero-order valence-corrected chi connectivity index (χ0v) is 14.9. The van der Waals surface area contributed by atoms with Gasteiger partial charge in [-0.05, 0) is 55.9 Å². The topological polar surface area (TPSA) is 12.5 Å². The van der Waals surface area contributed by atoms with Crippen molar-refractivity contribution in [3.63, 3.8) is 0 Å². The lowest BCUT2D eigenvalue weighted by Gasteiger charge is -2.25. The van der Waals surface area contributed by atoms with E-state index in [4.69, 9.17) is 4.74 Å². The minimum Gasteiger partial charge on any atom is -0.485 e. The van der Waals surface area contributed by atoms with Crippen LogP contribution in [0.4, 0.5) is 13.2 Å². The highest BCUT2D eigenvalue weighted by molar-refractivity contribution is 5.85. The van der Waals surface area contributed by atoms with Crippen molar-refractivity contribution in [2.24, 2.45) is 5.92 Å². The molecule has 0 bridgehead atoms. The first-order chi connectivity index (χ1) is 11.3. The maximum atomic E-state index is 12.7. The molecule has 0 fully saturated rings. The van der Waals surface area contributed by atoms with E-state index in [9.17, 15) is 13.2 Å². The molecular weight excluding hydrogens is 351 g/mol. The maximum absolute atomic E-state index is 12.7. The molecule has 136 valence electrons. The molecule has 0 amide bonds. The van der Waals surface area contributed by atoms with E-state index in [1.165, 1.54) is 17.7 Å². The van der Waals surface area contributed by atoms with Crippen LogP contribution in [0.1, 0.15) is 22.8 Å². The Morgan fingerprint density at radius 1 is 1.04 bits per heavy atom. The Morgan fingerprint density at radius 2 is 1.68 bits per heavy atom. The van der Waals surface area contributed by atoms with Crippen LogP contribution in [0.3, 0.4) is 0 Å². The zero-order chi connectivity index (χ0) is 17.3. The van der Waals surface area contributed by atoms with Gasteiger partial charge in [0.15, 0.2) is 0 Å². The molecule has 0 aliphatic heterocycles. The fraction of sp³-hybridized carbons (Fsp3) is 0.368. The van der Waals surface area contributed by atoms with Crippen molar-refractivity contribution < 1.29 is 17.9 Å². The molecule has 0 saturated heterocycles. The Labute approximate surface area is 152 Å². The summed E-state index contributed by atoms with van der Waals surface area (Å²) in [5.41, 5.74) is 1.72. The number of nitrogens with zero attached hydrogens (tertiary/aromatic N) is 1. The average molecular weight is 372 g/mol. The SMILES string of the molecule is CN(C)C[C@H]1Cc2ccccc2[C@H]1Oc1ccc(C(F)(F)F)cc1.Cl. The second-order valence-corrected chi connectivity index (χ2v) is 6.49. The van der Waals surface area contributed by atoms with Gasteiger partial charge in [-0.25, -0.2) is 0 Å². The summed E-state index contributed by atoms with van der Waals surface area (Å²) in [5.74, 6) is 0.744. The minimum atomic E-state index is -4.33. The molecule has 0 spiro atoms. The van der Waals surface area contributed by atoms with Gasteiger partial charge in [0.05, 0.1) is 5.56 Å². The largest absolute Gasteiger partial charge is 0.485 e. The number of hydrogen-bond donors (Lipinski definition) is 0. The second-order valence-electron chi connectivity index (χ2n) is 6.49. The third-order valence-corrected chi connectivity index (χ3v) is 4.32. The molecule has 1 aliphatic rings.